The summed E-state index contributed by atoms with van der Waals surface area (Å²) < 4.78 is 10.9. The quantitative estimate of drug-likeness (QED) is 0.397. The number of hydrogen-bond donors (Lipinski definition) is 3. The molecule has 3 N–H and O–H groups in total. The van der Waals surface area contributed by atoms with Gasteiger partial charge in [-0.2, -0.15) is 0 Å². The second-order valence-electron chi connectivity index (χ2n) is 5.56. The van der Waals surface area contributed by atoms with Crippen LogP contribution >= 0.6 is 0 Å². The fraction of sp³-hybridized carbons (Fsp3) is 0.875. The average molecular weight is 302 g/mol. The number of unbranched alkanes of at least 4 members (excludes halogenated alkanes) is 4. The maximum absolute atomic E-state index is 9.94. The van der Waals surface area contributed by atoms with Crippen molar-refractivity contribution in [2.45, 2.75) is 69.9 Å². The number of allylic oxidation sites excluding steroid dienone is 2. The molecule has 0 saturated carbocycles. The number of ether oxygens (including phenoxy) is 2. The zero-order valence-electron chi connectivity index (χ0n) is 13.0. The van der Waals surface area contributed by atoms with Crippen LogP contribution in [-0.2, 0) is 9.47 Å². The molecular weight excluding hydrogens is 272 g/mol. The summed E-state index contributed by atoms with van der Waals surface area (Å²) in [6.07, 6.45) is 8.08. The van der Waals surface area contributed by atoms with Crippen molar-refractivity contribution in [1.29, 1.82) is 0 Å². The number of aliphatic hydroxyl groups is 3. The normalized spacial score (nSPS) is 27.5. The van der Waals surface area contributed by atoms with Gasteiger partial charge < -0.3 is 24.8 Å². The van der Waals surface area contributed by atoms with Crippen molar-refractivity contribution in [2.24, 2.45) is 0 Å². The van der Waals surface area contributed by atoms with Crippen LogP contribution in [0.15, 0.2) is 12.2 Å². The van der Waals surface area contributed by atoms with Gasteiger partial charge in [0, 0.05) is 6.61 Å². The Bertz CT molecular complexity index is 282. The lowest BCUT2D eigenvalue weighted by Crippen LogP contribution is -2.41. The molecular formula is C16H30O5. The third kappa shape index (κ3) is 6.89. The first-order valence-corrected chi connectivity index (χ1v) is 8.05. The van der Waals surface area contributed by atoms with E-state index in [2.05, 4.69) is 19.1 Å². The Hall–Kier alpha value is -0.460. The van der Waals surface area contributed by atoms with Crippen molar-refractivity contribution < 1.29 is 24.8 Å². The molecule has 124 valence electrons. The van der Waals surface area contributed by atoms with Gasteiger partial charge in [0.05, 0.1) is 13.2 Å². The molecule has 1 heterocycles. The topological polar surface area (TPSA) is 79.2 Å². The fourth-order valence-electron chi connectivity index (χ4n) is 2.36. The van der Waals surface area contributed by atoms with Crippen LogP contribution < -0.4 is 0 Å². The van der Waals surface area contributed by atoms with Gasteiger partial charge in [-0.15, -0.1) is 0 Å². The minimum absolute atomic E-state index is 0.264. The first-order valence-electron chi connectivity index (χ1n) is 8.05. The van der Waals surface area contributed by atoms with Gasteiger partial charge in [-0.3, -0.25) is 0 Å². The molecule has 0 aromatic carbocycles. The maximum Gasteiger partial charge on any atom is 0.114 e. The van der Waals surface area contributed by atoms with E-state index in [1.165, 1.54) is 12.8 Å². The lowest BCUT2D eigenvalue weighted by atomic mass is 10.1. The van der Waals surface area contributed by atoms with Gasteiger partial charge in [0.1, 0.15) is 24.4 Å². The van der Waals surface area contributed by atoms with E-state index in [-0.39, 0.29) is 6.61 Å². The summed E-state index contributed by atoms with van der Waals surface area (Å²) in [5.41, 5.74) is 0. The molecule has 0 aliphatic carbocycles. The summed E-state index contributed by atoms with van der Waals surface area (Å²) in [7, 11) is 0. The molecule has 1 saturated heterocycles. The average Bonchev–Trinajstić information content (AvgIpc) is 2.86. The van der Waals surface area contributed by atoms with Crippen LogP contribution in [-0.4, -0.2) is 59.6 Å². The zero-order valence-corrected chi connectivity index (χ0v) is 13.0. The Labute approximate surface area is 127 Å². The molecule has 1 aliphatic heterocycles. The Balaban J connectivity index is 2.04. The summed E-state index contributed by atoms with van der Waals surface area (Å²) >= 11 is 0. The molecule has 5 heteroatoms. The molecule has 0 aromatic heterocycles. The Morgan fingerprint density at radius 1 is 1.24 bits per heavy atom. The van der Waals surface area contributed by atoms with Crippen LogP contribution in [0.1, 0.15) is 45.4 Å². The molecule has 21 heavy (non-hydrogen) atoms. The molecule has 1 aliphatic rings. The highest BCUT2D eigenvalue weighted by Crippen LogP contribution is 2.20. The first kappa shape index (κ1) is 18.6. The molecule has 0 amide bonds. The molecule has 0 radical (unpaired) electrons. The van der Waals surface area contributed by atoms with Crippen LogP contribution in [0.4, 0.5) is 0 Å². The van der Waals surface area contributed by atoms with Crippen molar-refractivity contribution in [3.63, 3.8) is 0 Å². The van der Waals surface area contributed by atoms with Crippen molar-refractivity contribution in [1.82, 2.24) is 0 Å². The predicted octanol–water partition coefficient (Wildman–Crippen LogP) is 1.40. The summed E-state index contributed by atoms with van der Waals surface area (Å²) in [5, 5.41) is 28.3. The molecule has 1 rings (SSSR count). The molecule has 0 bridgehead atoms. The fourth-order valence-corrected chi connectivity index (χ4v) is 2.36. The first-order chi connectivity index (χ1) is 10.2. The molecule has 5 nitrogen and oxygen atoms in total. The minimum atomic E-state index is -1.05. The van der Waals surface area contributed by atoms with Crippen molar-refractivity contribution in [3.05, 3.63) is 12.2 Å². The van der Waals surface area contributed by atoms with E-state index in [4.69, 9.17) is 14.6 Å². The van der Waals surface area contributed by atoms with Crippen molar-refractivity contribution in [3.8, 4) is 0 Å². The second-order valence-corrected chi connectivity index (χ2v) is 5.56. The van der Waals surface area contributed by atoms with Gasteiger partial charge in [0.25, 0.3) is 0 Å². The van der Waals surface area contributed by atoms with Gasteiger partial charge in [0.2, 0.25) is 0 Å². The van der Waals surface area contributed by atoms with Crippen LogP contribution in [0.2, 0.25) is 0 Å². The summed E-state index contributed by atoms with van der Waals surface area (Å²) in [6.45, 7) is 2.62. The van der Waals surface area contributed by atoms with E-state index < -0.39 is 31.0 Å². The lowest BCUT2D eigenvalue weighted by Gasteiger charge is -2.20. The standard InChI is InChI=1S/C16H30O5/c1-2-3-4-5-6-7-8-9-10-20-14-12-21-16(15(14)19)13(18)11-17/h5-6,13-19H,2-4,7-12H2,1H3/b6-5+/t13-,14+,15+,16+/m1/s1. The van der Waals surface area contributed by atoms with Crippen LogP contribution in [0, 0.1) is 0 Å². The highest BCUT2D eigenvalue weighted by atomic mass is 16.6. The Morgan fingerprint density at radius 2 is 1.95 bits per heavy atom. The molecule has 1 fully saturated rings. The largest absolute Gasteiger partial charge is 0.394 e. The van der Waals surface area contributed by atoms with E-state index >= 15 is 0 Å². The van der Waals surface area contributed by atoms with Crippen LogP contribution in [0.25, 0.3) is 0 Å². The van der Waals surface area contributed by atoms with Gasteiger partial charge >= 0.3 is 0 Å². The molecule has 4 atom stereocenters. The SMILES string of the molecule is CCCC/C=C/CCCCO[C@H]1CO[C@@H]([C@H](O)CO)[C@H]1O. The Kier molecular flexibility index (Phi) is 9.87. The third-order valence-corrected chi connectivity index (χ3v) is 3.72. The summed E-state index contributed by atoms with van der Waals surface area (Å²) in [6, 6.07) is 0. The molecule has 0 unspecified atom stereocenters. The van der Waals surface area contributed by atoms with Crippen LogP contribution in [0.5, 0.6) is 0 Å². The van der Waals surface area contributed by atoms with Crippen molar-refractivity contribution in [2.75, 3.05) is 19.8 Å². The molecule has 0 spiro atoms. The van der Waals surface area contributed by atoms with Crippen molar-refractivity contribution >= 4 is 0 Å². The van der Waals surface area contributed by atoms with E-state index in [0.717, 1.165) is 25.7 Å². The molecule has 0 aromatic rings. The smallest absolute Gasteiger partial charge is 0.114 e. The Morgan fingerprint density at radius 3 is 2.62 bits per heavy atom. The maximum atomic E-state index is 9.94. The zero-order chi connectivity index (χ0) is 15.5. The second kappa shape index (κ2) is 11.2. The van der Waals surface area contributed by atoms with Gasteiger partial charge in [0.15, 0.2) is 0 Å². The number of rotatable bonds is 11. The van der Waals surface area contributed by atoms with Gasteiger partial charge in [-0.25, -0.2) is 0 Å². The summed E-state index contributed by atoms with van der Waals surface area (Å²) in [4.78, 5) is 0. The lowest BCUT2D eigenvalue weighted by molar-refractivity contribution is -0.0730. The van der Waals surface area contributed by atoms with E-state index in [1.54, 1.807) is 0 Å². The van der Waals surface area contributed by atoms with E-state index in [1.807, 2.05) is 0 Å². The monoisotopic (exact) mass is 302 g/mol. The minimum Gasteiger partial charge on any atom is -0.394 e. The number of aliphatic hydroxyl groups excluding tert-OH is 3. The predicted molar refractivity (Wildman–Crippen MR) is 81.1 cm³/mol. The number of hydrogen-bond acceptors (Lipinski definition) is 5. The van der Waals surface area contributed by atoms with E-state index in [0.29, 0.717) is 6.61 Å². The summed E-state index contributed by atoms with van der Waals surface area (Å²) in [5.74, 6) is 0. The van der Waals surface area contributed by atoms with Crippen LogP contribution in [0.3, 0.4) is 0 Å². The van der Waals surface area contributed by atoms with Gasteiger partial charge in [-0.1, -0.05) is 31.9 Å². The highest BCUT2D eigenvalue weighted by molar-refractivity contribution is 4.88. The highest BCUT2D eigenvalue weighted by Gasteiger charge is 2.40. The third-order valence-electron chi connectivity index (χ3n) is 3.72. The van der Waals surface area contributed by atoms with Gasteiger partial charge in [-0.05, 0) is 25.7 Å². The van der Waals surface area contributed by atoms with E-state index in [9.17, 15) is 10.2 Å².